The summed E-state index contributed by atoms with van der Waals surface area (Å²) in [5.41, 5.74) is 0.406. The number of H-pyrrole nitrogens is 1. The number of nitrogens with zero attached hydrogens (tertiary/aromatic N) is 2. The summed E-state index contributed by atoms with van der Waals surface area (Å²) in [5.74, 6) is -0.349. The van der Waals surface area contributed by atoms with Gasteiger partial charge in [0, 0.05) is 43.0 Å². The molecule has 150 valence electrons. The molecule has 2 aromatic carbocycles. The molecular weight excluding hydrogens is 378 g/mol. The van der Waals surface area contributed by atoms with Gasteiger partial charge in [0.05, 0.1) is 15.8 Å². The van der Waals surface area contributed by atoms with E-state index in [2.05, 4.69) is 15.6 Å². The molecule has 1 aromatic heterocycles. The van der Waals surface area contributed by atoms with E-state index < -0.39 is 16.2 Å². The van der Waals surface area contributed by atoms with Gasteiger partial charge in [0.25, 0.3) is 17.2 Å². The van der Waals surface area contributed by atoms with Crippen molar-refractivity contribution >= 4 is 28.2 Å². The smallest absolute Gasteiger partial charge is 0.328 e. The summed E-state index contributed by atoms with van der Waals surface area (Å²) in [6, 6.07) is 10.5. The molecule has 0 spiro atoms. The Morgan fingerprint density at radius 3 is 2.52 bits per heavy atom. The van der Waals surface area contributed by atoms with Crippen molar-refractivity contribution in [3.05, 3.63) is 79.0 Å². The molecule has 0 fully saturated rings. The van der Waals surface area contributed by atoms with Crippen molar-refractivity contribution < 1.29 is 9.72 Å². The second-order valence-electron chi connectivity index (χ2n) is 6.23. The highest BCUT2D eigenvalue weighted by Crippen LogP contribution is 2.15. The number of nitrogens with one attached hydrogen (secondary N) is 3. The summed E-state index contributed by atoms with van der Waals surface area (Å²) in [5, 5.41) is 16.7. The zero-order valence-electron chi connectivity index (χ0n) is 15.6. The number of aromatic amines is 1. The maximum absolute atomic E-state index is 12.3. The standard InChI is InChI=1S/C19H19N5O5/c1-2-23-18(26)15-8-3-12(11-16(15)22-19(23)27)17(25)21-10-9-20-13-4-6-14(7-5-13)24(28)29/h3-8,11,20H,2,9-10H2,1H3,(H,21,25)(H,22,27). The van der Waals surface area contributed by atoms with Crippen LogP contribution in [0.4, 0.5) is 11.4 Å². The van der Waals surface area contributed by atoms with E-state index in [-0.39, 0.29) is 18.1 Å². The molecule has 0 saturated carbocycles. The molecule has 0 bridgehead atoms. The first kappa shape index (κ1) is 19.8. The molecule has 3 rings (SSSR count). The van der Waals surface area contributed by atoms with Crippen molar-refractivity contribution in [3.63, 3.8) is 0 Å². The van der Waals surface area contributed by atoms with E-state index in [4.69, 9.17) is 0 Å². The second-order valence-corrected chi connectivity index (χ2v) is 6.23. The van der Waals surface area contributed by atoms with E-state index in [1.807, 2.05) is 0 Å². The van der Waals surface area contributed by atoms with Crippen LogP contribution in [0.2, 0.25) is 0 Å². The Morgan fingerprint density at radius 2 is 1.86 bits per heavy atom. The van der Waals surface area contributed by atoms with E-state index >= 15 is 0 Å². The largest absolute Gasteiger partial charge is 0.383 e. The van der Waals surface area contributed by atoms with Gasteiger partial charge in [-0.1, -0.05) is 0 Å². The molecule has 0 aliphatic heterocycles. The lowest BCUT2D eigenvalue weighted by atomic mass is 10.1. The Hall–Kier alpha value is -3.95. The Labute approximate surface area is 164 Å². The lowest BCUT2D eigenvalue weighted by Gasteiger charge is -2.09. The number of nitro benzene ring substituents is 1. The summed E-state index contributed by atoms with van der Waals surface area (Å²) >= 11 is 0. The molecular formula is C19H19N5O5. The first-order valence-electron chi connectivity index (χ1n) is 8.94. The van der Waals surface area contributed by atoms with E-state index in [1.54, 1.807) is 19.1 Å². The molecule has 3 N–H and O–H groups in total. The minimum atomic E-state index is -0.519. The zero-order valence-corrected chi connectivity index (χ0v) is 15.6. The van der Waals surface area contributed by atoms with Gasteiger partial charge in [-0.15, -0.1) is 0 Å². The number of non-ortho nitro benzene ring substituents is 1. The van der Waals surface area contributed by atoms with Gasteiger partial charge in [0.2, 0.25) is 0 Å². The number of anilines is 1. The minimum absolute atomic E-state index is 0.00360. The molecule has 0 aliphatic carbocycles. The highest BCUT2D eigenvalue weighted by Gasteiger charge is 2.10. The van der Waals surface area contributed by atoms with Crippen LogP contribution in [-0.4, -0.2) is 33.5 Å². The van der Waals surface area contributed by atoms with E-state index in [9.17, 15) is 24.5 Å². The molecule has 29 heavy (non-hydrogen) atoms. The number of benzene rings is 2. The van der Waals surface area contributed by atoms with Crippen LogP contribution in [-0.2, 0) is 6.54 Å². The van der Waals surface area contributed by atoms with E-state index in [1.165, 1.54) is 30.3 Å². The van der Waals surface area contributed by atoms with Gasteiger partial charge in [0.15, 0.2) is 0 Å². The van der Waals surface area contributed by atoms with Crippen molar-refractivity contribution in [1.82, 2.24) is 14.9 Å². The SMILES string of the molecule is CCn1c(=O)[nH]c2cc(C(=O)NCCNc3ccc([N+](=O)[O-])cc3)ccc2c1=O. The van der Waals surface area contributed by atoms with Crippen LogP contribution in [0.1, 0.15) is 17.3 Å². The fourth-order valence-electron chi connectivity index (χ4n) is 2.87. The van der Waals surface area contributed by atoms with Crippen molar-refractivity contribution in [1.29, 1.82) is 0 Å². The predicted octanol–water partition coefficient (Wildman–Crippen LogP) is 1.46. The van der Waals surface area contributed by atoms with Gasteiger partial charge in [-0.2, -0.15) is 0 Å². The monoisotopic (exact) mass is 397 g/mol. The lowest BCUT2D eigenvalue weighted by Crippen LogP contribution is -2.34. The van der Waals surface area contributed by atoms with Gasteiger partial charge in [-0.25, -0.2) is 4.79 Å². The average molecular weight is 397 g/mol. The Morgan fingerprint density at radius 1 is 1.14 bits per heavy atom. The molecule has 1 amide bonds. The third-order valence-corrected chi connectivity index (χ3v) is 4.38. The summed E-state index contributed by atoms with van der Waals surface area (Å²) in [4.78, 5) is 49.3. The van der Waals surface area contributed by atoms with E-state index in [0.717, 1.165) is 4.57 Å². The number of hydrogen-bond acceptors (Lipinski definition) is 6. The first-order chi connectivity index (χ1) is 13.9. The van der Waals surface area contributed by atoms with Crippen molar-refractivity contribution in [2.24, 2.45) is 0 Å². The molecule has 10 nitrogen and oxygen atoms in total. The number of carbonyl (C=O) groups excluding carboxylic acids is 1. The number of carbonyl (C=O) groups is 1. The average Bonchev–Trinajstić information content (AvgIpc) is 2.71. The van der Waals surface area contributed by atoms with Crippen molar-refractivity contribution in [2.45, 2.75) is 13.5 Å². The van der Waals surface area contributed by atoms with Crippen LogP contribution in [0.15, 0.2) is 52.1 Å². The summed E-state index contributed by atoms with van der Waals surface area (Å²) in [7, 11) is 0. The van der Waals surface area contributed by atoms with Gasteiger partial charge in [-0.3, -0.25) is 24.3 Å². The fraction of sp³-hybridized carbons (Fsp3) is 0.211. The molecule has 0 aliphatic rings. The Bertz CT molecular complexity index is 1180. The molecule has 0 atom stereocenters. The number of nitro groups is 1. The normalized spacial score (nSPS) is 10.7. The first-order valence-corrected chi connectivity index (χ1v) is 8.94. The van der Waals surface area contributed by atoms with Crippen molar-refractivity contribution in [2.75, 3.05) is 18.4 Å². The van der Waals surface area contributed by atoms with Crippen LogP contribution in [0.3, 0.4) is 0 Å². The Balaban J connectivity index is 1.62. The van der Waals surface area contributed by atoms with Gasteiger partial charge in [0.1, 0.15) is 0 Å². The number of amides is 1. The minimum Gasteiger partial charge on any atom is -0.383 e. The molecule has 3 aromatic rings. The highest BCUT2D eigenvalue weighted by molar-refractivity contribution is 5.97. The third-order valence-electron chi connectivity index (χ3n) is 4.38. The van der Waals surface area contributed by atoms with Gasteiger partial charge >= 0.3 is 5.69 Å². The van der Waals surface area contributed by atoms with Crippen LogP contribution in [0, 0.1) is 10.1 Å². The van der Waals surface area contributed by atoms with E-state index in [0.29, 0.717) is 35.2 Å². The van der Waals surface area contributed by atoms with Crippen LogP contribution >= 0.6 is 0 Å². The summed E-state index contributed by atoms with van der Waals surface area (Å²) in [6.45, 7) is 2.68. The fourth-order valence-corrected chi connectivity index (χ4v) is 2.87. The maximum Gasteiger partial charge on any atom is 0.328 e. The summed E-state index contributed by atoms with van der Waals surface area (Å²) < 4.78 is 1.09. The Kier molecular flexibility index (Phi) is 5.72. The molecule has 10 heteroatoms. The highest BCUT2D eigenvalue weighted by atomic mass is 16.6. The third kappa shape index (κ3) is 4.32. The van der Waals surface area contributed by atoms with Crippen molar-refractivity contribution in [3.8, 4) is 0 Å². The van der Waals surface area contributed by atoms with Crippen LogP contribution in [0.25, 0.3) is 10.9 Å². The molecule has 1 heterocycles. The molecule has 0 saturated heterocycles. The van der Waals surface area contributed by atoms with Crippen LogP contribution < -0.4 is 21.9 Å². The second kappa shape index (κ2) is 8.38. The quantitative estimate of drug-likeness (QED) is 0.313. The topological polar surface area (TPSA) is 139 Å². The van der Waals surface area contributed by atoms with Crippen LogP contribution in [0.5, 0.6) is 0 Å². The number of hydrogen-bond donors (Lipinski definition) is 3. The predicted molar refractivity (Wildman–Crippen MR) is 108 cm³/mol. The zero-order chi connectivity index (χ0) is 21.0. The molecule has 0 radical (unpaired) electrons. The lowest BCUT2D eigenvalue weighted by molar-refractivity contribution is -0.384. The van der Waals surface area contributed by atoms with Gasteiger partial charge in [-0.05, 0) is 37.3 Å². The number of aromatic nitrogens is 2. The maximum atomic E-state index is 12.3. The number of fused-ring (bicyclic) bond motifs is 1. The summed E-state index contributed by atoms with van der Waals surface area (Å²) in [6.07, 6.45) is 0. The number of rotatable bonds is 7. The molecule has 0 unspecified atom stereocenters. The van der Waals surface area contributed by atoms with Gasteiger partial charge < -0.3 is 15.6 Å².